The molecule has 0 aromatic carbocycles. The van der Waals surface area contributed by atoms with Gasteiger partial charge >= 0.3 is 0 Å². The van der Waals surface area contributed by atoms with E-state index in [9.17, 15) is 0 Å². The summed E-state index contributed by atoms with van der Waals surface area (Å²) in [5.41, 5.74) is 6.17. The zero-order chi connectivity index (χ0) is 8.97. The summed E-state index contributed by atoms with van der Waals surface area (Å²) in [7, 11) is 1.58. The number of nitrogens with two attached hydrogens (primary N) is 1. The van der Waals surface area contributed by atoms with Gasteiger partial charge in [-0.3, -0.25) is 4.98 Å². The highest BCUT2D eigenvalue weighted by molar-refractivity contribution is 6.32. The van der Waals surface area contributed by atoms with Crippen LogP contribution >= 0.6 is 11.6 Å². The third-order valence-electron chi connectivity index (χ3n) is 1.53. The first-order valence-electron chi connectivity index (χ1n) is 3.67. The lowest BCUT2D eigenvalue weighted by atomic mass is 10.2. The van der Waals surface area contributed by atoms with Crippen LogP contribution in [0.15, 0.2) is 12.3 Å². The van der Waals surface area contributed by atoms with Gasteiger partial charge in [0, 0.05) is 18.7 Å². The summed E-state index contributed by atoms with van der Waals surface area (Å²) in [5.74, 6) is 0.648. The van der Waals surface area contributed by atoms with Gasteiger partial charge in [0.1, 0.15) is 10.8 Å². The van der Waals surface area contributed by atoms with Crippen molar-refractivity contribution in [1.82, 2.24) is 4.98 Å². The molecule has 1 aromatic rings. The fourth-order valence-corrected chi connectivity index (χ4v) is 1.22. The van der Waals surface area contributed by atoms with Crippen molar-refractivity contribution in [2.24, 2.45) is 5.73 Å². The molecule has 0 saturated carbocycles. The number of pyridine rings is 1. The predicted octanol–water partition coefficient (Wildman–Crippen LogP) is 1.24. The van der Waals surface area contributed by atoms with E-state index in [1.54, 1.807) is 19.4 Å². The van der Waals surface area contributed by atoms with Crippen LogP contribution in [-0.2, 0) is 6.42 Å². The molecule has 0 amide bonds. The van der Waals surface area contributed by atoms with Gasteiger partial charge in [0.2, 0.25) is 0 Å². The van der Waals surface area contributed by atoms with E-state index < -0.39 is 0 Å². The van der Waals surface area contributed by atoms with Gasteiger partial charge in [0.05, 0.1) is 12.8 Å². The molecular formula is C8H11ClN2O. The molecule has 1 aromatic heterocycles. The lowest BCUT2D eigenvalue weighted by Crippen LogP contribution is -2.05. The average molecular weight is 187 g/mol. The molecule has 0 aliphatic heterocycles. The highest BCUT2D eigenvalue weighted by Gasteiger charge is 2.05. The highest BCUT2D eigenvalue weighted by Crippen LogP contribution is 2.25. The summed E-state index contributed by atoms with van der Waals surface area (Å²) in [6.07, 6.45) is 2.34. The van der Waals surface area contributed by atoms with E-state index >= 15 is 0 Å². The topological polar surface area (TPSA) is 48.1 Å². The number of hydrogen-bond acceptors (Lipinski definition) is 3. The Kier molecular flexibility index (Phi) is 3.31. The lowest BCUT2D eigenvalue weighted by molar-refractivity contribution is 0.414. The molecule has 3 nitrogen and oxygen atoms in total. The maximum absolute atomic E-state index is 5.94. The standard InChI is InChI=1S/C8H11ClN2O/c1-12-7-3-5-11-6(2-4-10)8(7)9/h3,5H,2,4,10H2,1H3. The molecule has 66 valence electrons. The quantitative estimate of drug-likeness (QED) is 0.773. The summed E-state index contributed by atoms with van der Waals surface area (Å²) >= 11 is 5.94. The lowest BCUT2D eigenvalue weighted by Gasteiger charge is -2.05. The monoisotopic (exact) mass is 186 g/mol. The Hall–Kier alpha value is -0.800. The summed E-state index contributed by atoms with van der Waals surface area (Å²) in [6.45, 7) is 0.542. The first kappa shape index (κ1) is 9.29. The maximum atomic E-state index is 5.94. The number of nitrogens with zero attached hydrogens (tertiary/aromatic N) is 1. The van der Waals surface area contributed by atoms with Crippen LogP contribution in [0.25, 0.3) is 0 Å². The zero-order valence-electron chi connectivity index (χ0n) is 6.88. The minimum atomic E-state index is 0.542. The van der Waals surface area contributed by atoms with Crippen molar-refractivity contribution in [3.8, 4) is 5.75 Å². The molecule has 12 heavy (non-hydrogen) atoms. The van der Waals surface area contributed by atoms with E-state index in [0.29, 0.717) is 23.7 Å². The Bertz CT molecular complexity index is 265. The van der Waals surface area contributed by atoms with Crippen LogP contribution < -0.4 is 10.5 Å². The van der Waals surface area contributed by atoms with Crippen molar-refractivity contribution in [1.29, 1.82) is 0 Å². The van der Waals surface area contributed by atoms with Gasteiger partial charge in [-0.15, -0.1) is 0 Å². The Morgan fingerprint density at radius 3 is 3.00 bits per heavy atom. The van der Waals surface area contributed by atoms with E-state index in [1.165, 1.54) is 0 Å². The molecule has 1 heterocycles. The van der Waals surface area contributed by atoms with Crippen LogP contribution in [0, 0.1) is 0 Å². The van der Waals surface area contributed by atoms with Crippen molar-refractivity contribution in [3.05, 3.63) is 23.0 Å². The maximum Gasteiger partial charge on any atom is 0.140 e. The van der Waals surface area contributed by atoms with Crippen LogP contribution in [0.3, 0.4) is 0 Å². The molecule has 4 heteroatoms. The average Bonchev–Trinajstić information content (AvgIpc) is 2.09. The number of methoxy groups -OCH3 is 1. The van der Waals surface area contributed by atoms with E-state index in [2.05, 4.69) is 4.98 Å². The van der Waals surface area contributed by atoms with Crippen molar-refractivity contribution in [2.75, 3.05) is 13.7 Å². The second-order valence-electron chi connectivity index (χ2n) is 2.31. The van der Waals surface area contributed by atoms with Gasteiger partial charge in [-0.05, 0) is 6.54 Å². The van der Waals surface area contributed by atoms with Gasteiger partial charge in [0.15, 0.2) is 0 Å². The SMILES string of the molecule is COc1ccnc(CCN)c1Cl. The van der Waals surface area contributed by atoms with Crippen LogP contribution in [0.1, 0.15) is 5.69 Å². The predicted molar refractivity (Wildman–Crippen MR) is 48.6 cm³/mol. The Labute approximate surface area is 76.5 Å². The molecule has 0 aliphatic carbocycles. The summed E-state index contributed by atoms with van der Waals surface area (Å²) < 4.78 is 5.02. The molecular weight excluding hydrogens is 176 g/mol. The fraction of sp³-hybridized carbons (Fsp3) is 0.375. The molecule has 0 atom stereocenters. The molecule has 0 aliphatic rings. The summed E-state index contributed by atoms with van der Waals surface area (Å²) in [6, 6.07) is 1.72. The van der Waals surface area contributed by atoms with Crippen LogP contribution in [0.5, 0.6) is 5.75 Å². The first-order valence-corrected chi connectivity index (χ1v) is 4.04. The van der Waals surface area contributed by atoms with Gasteiger partial charge < -0.3 is 10.5 Å². The largest absolute Gasteiger partial charge is 0.495 e. The Morgan fingerprint density at radius 1 is 1.67 bits per heavy atom. The first-order chi connectivity index (χ1) is 5.79. The molecule has 0 unspecified atom stereocenters. The second kappa shape index (κ2) is 4.28. The number of aromatic nitrogens is 1. The van der Waals surface area contributed by atoms with E-state index in [-0.39, 0.29) is 0 Å². The summed E-state index contributed by atoms with van der Waals surface area (Å²) in [4.78, 5) is 4.08. The third kappa shape index (κ3) is 1.87. The van der Waals surface area contributed by atoms with Crippen molar-refractivity contribution in [2.45, 2.75) is 6.42 Å². The smallest absolute Gasteiger partial charge is 0.140 e. The minimum Gasteiger partial charge on any atom is -0.495 e. The van der Waals surface area contributed by atoms with Crippen molar-refractivity contribution >= 4 is 11.6 Å². The molecule has 1 rings (SSSR count). The van der Waals surface area contributed by atoms with Gasteiger partial charge in [-0.1, -0.05) is 11.6 Å². The number of hydrogen-bond donors (Lipinski definition) is 1. The Balaban J connectivity index is 2.97. The number of rotatable bonds is 3. The van der Waals surface area contributed by atoms with Crippen molar-refractivity contribution < 1.29 is 4.74 Å². The van der Waals surface area contributed by atoms with Crippen LogP contribution in [-0.4, -0.2) is 18.6 Å². The molecule has 0 bridgehead atoms. The number of ether oxygens (including phenoxy) is 1. The van der Waals surface area contributed by atoms with Crippen LogP contribution in [0.2, 0.25) is 5.02 Å². The molecule has 0 spiro atoms. The van der Waals surface area contributed by atoms with Gasteiger partial charge in [-0.25, -0.2) is 0 Å². The molecule has 0 saturated heterocycles. The van der Waals surface area contributed by atoms with E-state index in [0.717, 1.165) is 5.69 Å². The minimum absolute atomic E-state index is 0.542. The Morgan fingerprint density at radius 2 is 2.42 bits per heavy atom. The molecule has 0 fully saturated rings. The van der Waals surface area contributed by atoms with Gasteiger partial charge in [0.25, 0.3) is 0 Å². The molecule has 2 N–H and O–H groups in total. The normalized spacial score (nSPS) is 9.92. The summed E-state index contributed by atoms with van der Waals surface area (Å²) in [5, 5.41) is 0.561. The van der Waals surface area contributed by atoms with Crippen molar-refractivity contribution in [3.63, 3.8) is 0 Å². The molecule has 0 radical (unpaired) electrons. The third-order valence-corrected chi connectivity index (χ3v) is 1.93. The second-order valence-corrected chi connectivity index (χ2v) is 2.69. The highest BCUT2D eigenvalue weighted by atomic mass is 35.5. The number of halogens is 1. The fourth-order valence-electron chi connectivity index (χ4n) is 0.936. The van der Waals surface area contributed by atoms with Crippen LogP contribution in [0.4, 0.5) is 0 Å². The van der Waals surface area contributed by atoms with E-state index in [4.69, 9.17) is 22.1 Å². The zero-order valence-corrected chi connectivity index (χ0v) is 7.64. The van der Waals surface area contributed by atoms with Gasteiger partial charge in [-0.2, -0.15) is 0 Å². The van der Waals surface area contributed by atoms with E-state index in [1.807, 2.05) is 0 Å².